The van der Waals surface area contributed by atoms with E-state index in [1.807, 2.05) is 6.92 Å². The van der Waals surface area contributed by atoms with E-state index in [1.165, 1.54) is 5.56 Å². The molecule has 0 saturated carbocycles. The molecule has 7 nitrogen and oxygen atoms in total. The van der Waals surface area contributed by atoms with Crippen LogP contribution in [0.2, 0.25) is 0 Å². The van der Waals surface area contributed by atoms with Gasteiger partial charge in [-0.2, -0.15) is 0 Å². The van der Waals surface area contributed by atoms with Gasteiger partial charge in [0.1, 0.15) is 12.4 Å². The molecule has 0 radical (unpaired) electrons. The molecule has 1 amide bonds. The van der Waals surface area contributed by atoms with E-state index >= 15 is 0 Å². The van der Waals surface area contributed by atoms with E-state index in [4.69, 9.17) is 10.1 Å². The summed E-state index contributed by atoms with van der Waals surface area (Å²) in [4.78, 5) is 17.0. The zero-order valence-corrected chi connectivity index (χ0v) is 16.2. The monoisotopic (exact) mass is 391 g/mol. The highest BCUT2D eigenvalue weighted by Crippen LogP contribution is 2.24. The van der Waals surface area contributed by atoms with Crippen molar-refractivity contribution >= 4 is 17.9 Å². The largest absolute Gasteiger partial charge is 0.860 e. The van der Waals surface area contributed by atoms with Gasteiger partial charge in [-0.25, -0.2) is 0 Å². The number of carbonyl (C=O) groups is 1. The molecule has 4 rings (SSSR count). The summed E-state index contributed by atoms with van der Waals surface area (Å²) < 4.78 is 5.94. The average Bonchev–Trinajstić information content (AvgIpc) is 2.68. The Hall–Kier alpha value is -3.19. The third kappa shape index (κ3) is 3.86. The lowest BCUT2D eigenvalue weighted by atomic mass is 9.91. The first-order valence-corrected chi connectivity index (χ1v) is 9.65. The molecule has 29 heavy (non-hydrogen) atoms. The van der Waals surface area contributed by atoms with E-state index < -0.39 is 11.4 Å². The van der Waals surface area contributed by atoms with E-state index in [-0.39, 0.29) is 19.0 Å². The van der Waals surface area contributed by atoms with Crippen molar-refractivity contribution in [3.63, 3.8) is 0 Å². The Morgan fingerprint density at radius 1 is 1.34 bits per heavy atom. The van der Waals surface area contributed by atoms with Crippen molar-refractivity contribution in [1.82, 2.24) is 15.6 Å². The van der Waals surface area contributed by atoms with Crippen LogP contribution >= 0.6 is 0 Å². The lowest BCUT2D eigenvalue weighted by molar-refractivity contribution is -0.230. The summed E-state index contributed by atoms with van der Waals surface area (Å²) in [5.74, 6) is -0.493. The number of aryl methyl sites for hydroxylation is 1. The van der Waals surface area contributed by atoms with Gasteiger partial charge in [-0.3, -0.25) is 9.78 Å². The molecule has 0 spiro atoms. The van der Waals surface area contributed by atoms with Crippen LogP contribution in [-0.2, 0) is 13.0 Å². The molecule has 150 valence electrons. The van der Waals surface area contributed by atoms with Crippen molar-refractivity contribution < 1.29 is 14.6 Å². The number of nitrogens with zero attached hydrogens (tertiary/aromatic N) is 1. The average molecular weight is 391 g/mol. The molecule has 1 aliphatic heterocycles. The normalized spacial score (nSPS) is 16.4. The van der Waals surface area contributed by atoms with Gasteiger partial charge in [-0.15, -0.1) is 0 Å². The number of pyridine rings is 1. The third-order valence-corrected chi connectivity index (χ3v) is 5.37. The highest BCUT2D eigenvalue weighted by molar-refractivity contribution is 5.98. The van der Waals surface area contributed by atoms with E-state index in [0.29, 0.717) is 17.9 Å². The molecule has 7 heteroatoms. The number of ether oxygens (including phenoxy) is 1. The Bertz CT molecular complexity index is 978. The van der Waals surface area contributed by atoms with Crippen LogP contribution in [0, 0.1) is 12.3 Å². The van der Waals surface area contributed by atoms with Crippen molar-refractivity contribution in [2.75, 3.05) is 13.1 Å². The van der Waals surface area contributed by atoms with E-state index in [1.54, 1.807) is 24.3 Å². The topological polar surface area (TPSA) is 110 Å². The molecule has 1 saturated heterocycles. The Morgan fingerprint density at radius 2 is 2.10 bits per heavy atom. The summed E-state index contributed by atoms with van der Waals surface area (Å²) in [6.07, 6.45) is 6.17. The predicted octanol–water partition coefficient (Wildman–Crippen LogP) is 1.34. The smallest absolute Gasteiger partial charge is 0.252 e. The second kappa shape index (κ2) is 7.67. The minimum absolute atomic E-state index is 0.285. The van der Waals surface area contributed by atoms with Gasteiger partial charge in [-0.1, -0.05) is 6.08 Å². The molecular weight excluding hydrogens is 368 g/mol. The second-order valence-electron chi connectivity index (χ2n) is 7.51. The summed E-state index contributed by atoms with van der Waals surface area (Å²) >= 11 is 0. The fourth-order valence-corrected chi connectivity index (χ4v) is 3.61. The number of rotatable bonds is 6. The van der Waals surface area contributed by atoms with Crippen molar-refractivity contribution in [1.29, 1.82) is 5.41 Å². The van der Waals surface area contributed by atoms with Gasteiger partial charge < -0.3 is 25.9 Å². The number of hydrogen-bond donors (Lipinski definition) is 3. The Morgan fingerprint density at radius 3 is 2.76 bits per heavy atom. The molecule has 0 unspecified atom stereocenters. The molecule has 0 bridgehead atoms. The molecular formula is C22H23N4O3-. The van der Waals surface area contributed by atoms with Crippen LogP contribution in [0.3, 0.4) is 0 Å². The standard InChI is InChI=1S/C22H24N4O3/c1-14-10-16(18-4-2-3-5-19(18)25-14)11-29-17-8-6-15(7-9-17)20(27)26-22(21(23)28)12-24-13-22/h3,5-10,24H,2,4,11-13H2,1H3,(H2,23,28)(H,26,27)/p-1. The Balaban J connectivity index is 1.42. The fraction of sp³-hybridized carbons (Fsp3) is 0.318. The fourth-order valence-electron chi connectivity index (χ4n) is 3.61. The Kier molecular flexibility index (Phi) is 5.07. The summed E-state index contributed by atoms with van der Waals surface area (Å²) in [5, 5.41) is 24.5. The first kappa shape index (κ1) is 19.1. The molecule has 2 heterocycles. The minimum Gasteiger partial charge on any atom is -0.860 e. The predicted molar refractivity (Wildman–Crippen MR) is 108 cm³/mol. The van der Waals surface area contributed by atoms with Gasteiger partial charge in [0.25, 0.3) is 5.91 Å². The second-order valence-corrected chi connectivity index (χ2v) is 7.51. The molecule has 2 aromatic rings. The zero-order chi connectivity index (χ0) is 20.4. The van der Waals surface area contributed by atoms with E-state index in [0.717, 1.165) is 29.8 Å². The van der Waals surface area contributed by atoms with Crippen LogP contribution in [0.1, 0.15) is 39.3 Å². The van der Waals surface area contributed by atoms with Crippen molar-refractivity contribution in [2.45, 2.75) is 31.9 Å². The van der Waals surface area contributed by atoms with Gasteiger partial charge in [0.2, 0.25) is 0 Å². The first-order valence-electron chi connectivity index (χ1n) is 9.65. The van der Waals surface area contributed by atoms with Gasteiger partial charge in [0.05, 0.1) is 11.2 Å². The molecule has 2 aliphatic rings. The number of benzene rings is 1. The Labute approximate surface area is 169 Å². The van der Waals surface area contributed by atoms with Gasteiger partial charge in [-0.05, 0) is 73.2 Å². The molecule has 1 aliphatic carbocycles. The minimum atomic E-state index is -1.11. The molecule has 1 fully saturated rings. The van der Waals surface area contributed by atoms with Crippen LogP contribution in [-0.4, -0.2) is 35.4 Å². The SMILES string of the molecule is Cc1cc(COc2ccc(C(=O)NC3(C(=N)[O-])CNC3)cc2)c2c(n1)C=CCC2. The maximum Gasteiger partial charge on any atom is 0.252 e. The molecule has 0 atom stereocenters. The maximum absolute atomic E-state index is 12.4. The van der Waals surface area contributed by atoms with Crippen molar-refractivity contribution in [3.8, 4) is 5.75 Å². The van der Waals surface area contributed by atoms with Crippen LogP contribution < -0.4 is 20.5 Å². The summed E-state index contributed by atoms with van der Waals surface area (Å²) in [7, 11) is 0. The number of carbonyl (C=O) groups excluding carboxylic acids is 1. The number of hydrogen-bond acceptors (Lipinski definition) is 6. The first-order chi connectivity index (χ1) is 14.0. The van der Waals surface area contributed by atoms with Crippen LogP contribution in [0.4, 0.5) is 0 Å². The molecule has 1 aromatic heterocycles. The van der Waals surface area contributed by atoms with E-state index in [9.17, 15) is 9.90 Å². The summed E-state index contributed by atoms with van der Waals surface area (Å²) in [6.45, 7) is 2.99. The van der Waals surface area contributed by atoms with Crippen LogP contribution in [0.5, 0.6) is 5.75 Å². The number of aromatic nitrogens is 1. The number of amides is 1. The van der Waals surface area contributed by atoms with Gasteiger partial charge in [0.15, 0.2) is 0 Å². The summed E-state index contributed by atoms with van der Waals surface area (Å²) in [6, 6.07) is 8.86. The number of nitrogens with one attached hydrogen (secondary N) is 3. The lowest BCUT2D eigenvalue weighted by Gasteiger charge is -2.46. The van der Waals surface area contributed by atoms with Crippen LogP contribution in [0.15, 0.2) is 36.4 Å². The number of fused-ring (bicyclic) bond motifs is 1. The molecule has 3 N–H and O–H groups in total. The highest BCUT2D eigenvalue weighted by Gasteiger charge is 2.38. The number of allylic oxidation sites excluding steroid dienone is 1. The van der Waals surface area contributed by atoms with Crippen molar-refractivity contribution in [3.05, 3.63) is 64.5 Å². The summed E-state index contributed by atoms with van der Waals surface area (Å²) in [5.41, 5.74) is 3.65. The van der Waals surface area contributed by atoms with Gasteiger partial charge >= 0.3 is 0 Å². The molecule has 1 aromatic carbocycles. The highest BCUT2D eigenvalue weighted by atomic mass is 16.5. The maximum atomic E-state index is 12.4. The quantitative estimate of drug-likeness (QED) is 0.508. The lowest BCUT2D eigenvalue weighted by Crippen LogP contribution is -2.75. The van der Waals surface area contributed by atoms with Gasteiger partial charge in [0, 0.05) is 24.3 Å². The van der Waals surface area contributed by atoms with Crippen molar-refractivity contribution in [2.24, 2.45) is 0 Å². The zero-order valence-electron chi connectivity index (χ0n) is 16.2. The van der Waals surface area contributed by atoms with E-state index in [2.05, 4.69) is 33.8 Å². The third-order valence-electron chi connectivity index (χ3n) is 5.37. The van der Waals surface area contributed by atoms with Crippen LogP contribution in [0.25, 0.3) is 6.08 Å².